The van der Waals surface area contributed by atoms with Crippen LogP contribution >= 0.6 is 23.2 Å². The Morgan fingerprint density at radius 1 is 0.398 bits per heavy atom. The van der Waals surface area contributed by atoms with Gasteiger partial charge in [0.15, 0.2) is 0 Å². The molecule has 4 saturated carbocycles. The van der Waals surface area contributed by atoms with Gasteiger partial charge in [0, 0.05) is 99.0 Å². The Labute approximate surface area is 527 Å². The van der Waals surface area contributed by atoms with Gasteiger partial charge in [0.2, 0.25) is 0 Å². The van der Waals surface area contributed by atoms with Crippen molar-refractivity contribution in [2.45, 2.75) is 219 Å². The number of aryl methyl sites for hydroxylation is 6. The smallest absolute Gasteiger partial charge is 0.253 e. The average Bonchev–Trinajstić information content (AvgIpc) is 1.61. The second kappa shape index (κ2) is 28.8. The van der Waals surface area contributed by atoms with Gasteiger partial charge in [-0.2, -0.15) is 0 Å². The molecule has 0 saturated heterocycles. The second-order valence-corrected chi connectivity index (χ2v) is 26.7. The number of halogens is 2. The molecule has 464 valence electrons. The lowest BCUT2D eigenvalue weighted by molar-refractivity contribution is -0.119. The molecule has 0 amide bonds. The van der Waals surface area contributed by atoms with Crippen molar-refractivity contribution in [3.05, 3.63) is 182 Å². The van der Waals surface area contributed by atoms with Gasteiger partial charge in [-0.15, -0.1) is 0 Å². The van der Waals surface area contributed by atoms with Crippen LogP contribution in [0.15, 0.2) is 82.6 Å². The van der Waals surface area contributed by atoms with Gasteiger partial charge in [-0.05, 0) is 230 Å². The van der Waals surface area contributed by atoms with Crippen LogP contribution in [0.25, 0.3) is 22.3 Å². The number of benzene rings is 4. The van der Waals surface area contributed by atoms with Crippen molar-refractivity contribution in [3.63, 3.8) is 0 Å². The third-order valence-corrected chi connectivity index (χ3v) is 20.1. The zero-order valence-electron chi connectivity index (χ0n) is 51.8. The number of Topliss-reactive ketones (excluding diaryl/α,β-unsaturated/α-hetero) is 4. The number of carbonyl (C=O) groups excluding carboxylic acids is 4. The number of hydrogen-bond acceptors (Lipinski definition) is 10. The third-order valence-electron chi connectivity index (χ3n) is 19.4. The SMILES string of the molecule is Cc1cc(-c2cc3c(cc2COC2CCC2)CC(=O)CC3)cn(C)c1=O.Cc1cc(-c2ccc3c(c2COC2CCC2)CCC(=O)C3)cn(C)c1=O.O=C1CCc2c(ccc(Cl)c2COC2CCC2)C1.O=C1CCc2cc(Cl)c(COC3CCC3)cc2C1. The van der Waals surface area contributed by atoms with Crippen LogP contribution < -0.4 is 11.1 Å². The Kier molecular flexibility index (Phi) is 20.8. The van der Waals surface area contributed by atoms with E-state index in [4.69, 9.17) is 42.1 Å². The fraction of sp³-hybridized carbons (Fsp3) is 0.486. The summed E-state index contributed by atoms with van der Waals surface area (Å²) in [6.45, 7) is 6.02. The Balaban J connectivity index is 0.000000123. The quantitative estimate of drug-likeness (QED) is 0.103. The van der Waals surface area contributed by atoms with Crippen molar-refractivity contribution in [2.75, 3.05) is 0 Å². The van der Waals surface area contributed by atoms with E-state index in [9.17, 15) is 28.8 Å². The molecule has 14 heteroatoms. The molecule has 4 aromatic carbocycles. The Morgan fingerprint density at radius 3 is 1.27 bits per heavy atom. The lowest BCUT2D eigenvalue weighted by Crippen LogP contribution is -2.23. The molecule has 8 aliphatic rings. The fourth-order valence-corrected chi connectivity index (χ4v) is 13.5. The molecule has 12 nitrogen and oxygen atoms in total. The predicted molar refractivity (Wildman–Crippen MR) is 344 cm³/mol. The summed E-state index contributed by atoms with van der Waals surface area (Å²) in [6, 6.07) is 20.4. The van der Waals surface area contributed by atoms with Gasteiger partial charge in [-0.25, -0.2) is 0 Å². The number of rotatable bonds is 14. The minimum Gasteiger partial charge on any atom is -0.374 e. The first-order chi connectivity index (χ1) is 42.5. The molecule has 2 heterocycles. The Bertz CT molecular complexity index is 3620. The van der Waals surface area contributed by atoms with E-state index in [1.807, 2.05) is 56.6 Å². The van der Waals surface area contributed by atoms with Crippen LogP contribution in [0, 0.1) is 13.8 Å². The summed E-state index contributed by atoms with van der Waals surface area (Å²) < 4.78 is 27.2. The normalized spacial score (nSPS) is 18.1. The van der Waals surface area contributed by atoms with Crippen molar-refractivity contribution in [1.82, 2.24) is 9.13 Å². The number of ether oxygens (including phenoxy) is 4. The minimum absolute atomic E-state index is 0.0320. The summed E-state index contributed by atoms with van der Waals surface area (Å²) in [7, 11) is 3.58. The molecular formula is C74H84Cl2N2O10. The molecule has 0 unspecified atom stereocenters. The van der Waals surface area contributed by atoms with Gasteiger partial charge in [0.1, 0.15) is 23.1 Å². The summed E-state index contributed by atoms with van der Waals surface area (Å²) >= 11 is 12.6. The Hall–Kier alpha value is -6.12. The van der Waals surface area contributed by atoms with Crippen molar-refractivity contribution < 1.29 is 38.1 Å². The first-order valence-electron chi connectivity index (χ1n) is 32.3. The molecule has 6 aromatic rings. The number of ketones is 4. The van der Waals surface area contributed by atoms with Crippen LogP contribution in [-0.4, -0.2) is 56.7 Å². The molecule has 0 spiro atoms. The summed E-state index contributed by atoms with van der Waals surface area (Å²) in [6.07, 6.45) is 27.6. The zero-order chi connectivity index (χ0) is 61.6. The van der Waals surface area contributed by atoms with E-state index in [2.05, 4.69) is 30.3 Å². The van der Waals surface area contributed by atoms with Gasteiger partial charge >= 0.3 is 0 Å². The summed E-state index contributed by atoms with van der Waals surface area (Å²) in [4.78, 5) is 70.8. The highest BCUT2D eigenvalue weighted by molar-refractivity contribution is 6.31. The van der Waals surface area contributed by atoms with Crippen LogP contribution in [0.5, 0.6) is 0 Å². The monoisotopic (exact) mass is 1230 g/mol. The number of hydrogen-bond donors (Lipinski definition) is 0. The van der Waals surface area contributed by atoms with Crippen molar-refractivity contribution in [2.24, 2.45) is 14.1 Å². The molecule has 8 aliphatic carbocycles. The van der Waals surface area contributed by atoms with E-state index >= 15 is 0 Å². The van der Waals surface area contributed by atoms with Crippen LogP contribution in [0.3, 0.4) is 0 Å². The van der Waals surface area contributed by atoms with Gasteiger partial charge in [0.05, 0.1) is 50.8 Å². The predicted octanol–water partition coefficient (Wildman–Crippen LogP) is 13.9. The summed E-state index contributed by atoms with van der Waals surface area (Å²) in [5.74, 6) is 1.29. The highest BCUT2D eigenvalue weighted by Gasteiger charge is 2.28. The lowest BCUT2D eigenvalue weighted by atomic mass is 9.84. The molecule has 4 fully saturated rings. The van der Waals surface area contributed by atoms with Crippen LogP contribution in [0.2, 0.25) is 10.0 Å². The second-order valence-electron chi connectivity index (χ2n) is 25.9. The van der Waals surface area contributed by atoms with Crippen LogP contribution in [0.1, 0.15) is 181 Å². The molecular weight excluding hydrogens is 1150 g/mol. The molecule has 88 heavy (non-hydrogen) atoms. The first kappa shape index (κ1) is 63.4. The molecule has 0 N–H and O–H groups in total. The van der Waals surface area contributed by atoms with Crippen LogP contribution in [0.4, 0.5) is 0 Å². The lowest BCUT2D eigenvalue weighted by Gasteiger charge is -2.28. The molecule has 0 aliphatic heterocycles. The summed E-state index contributed by atoms with van der Waals surface area (Å²) in [5.41, 5.74) is 19.9. The molecule has 0 atom stereocenters. The van der Waals surface area contributed by atoms with E-state index in [0.717, 1.165) is 134 Å². The van der Waals surface area contributed by atoms with Gasteiger partial charge in [-0.3, -0.25) is 28.8 Å². The van der Waals surface area contributed by atoms with E-state index < -0.39 is 0 Å². The number of carbonyl (C=O) groups is 4. The molecule has 2 aromatic heterocycles. The number of pyridine rings is 2. The van der Waals surface area contributed by atoms with Crippen LogP contribution in [-0.2, 0) is 130 Å². The van der Waals surface area contributed by atoms with Gasteiger partial charge in [-0.1, -0.05) is 59.6 Å². The standard InChI is InChI=1S/2C22H25NO3.2C15H17ClO2/c1-14-10-16(12-23(2)22(14)25)20-8-6-15-11-17(24)7-9-19(15)21(20)13-26-18-4-3-5-18;1-14-8-17(12-23(2)22(14)25)21-11-15-6-7-19(24)10-16(15)9-18(21)13-26-20-4-3-5-20;16-15-7-4-10-8-11(17)5-6-13(10)14(15)9-18-12-2-1-3-12;16-15-8-10-4-5-13(17)7-11(10)6-12(15)9-18-14-2-1-3-14/h6,8,10,12,18H,3-5,7,9,11,13H2,1-2H3;8-9,11-12,20H,3-7,10,13H2,1-2H3;4,7,12H,1-3,5-6,8-9H2;6,8,14H,1-5,7,9H2. The van der Waals surface area contributed by atoms with Gasteiger partial charge in [0.25, 0.3) is 11.1 Å². The van der Waals surface area contributed by atoms with Crippen molar-refractivity contribution >= 4 is 46.3 Å². The minimum atomic E-state index is 0.0320. The van der Waals surface area contributed by atoms with E-state index in [0.29, 0.717) is 125 Å². The van der Waals surface area contributed by atoms with Crippen molar-refractivity contribution in [3.8, 4) is 22.3 Å². The first-order valence-corrected chi connectivity index (χ1v) is 33.0. The highest BCUT2D eigenvalue weighted by atomic mass is 35.5. The van der Waals surface area contributed by atoms with Crippen molar-refractivity contribution in [1.29, 1.82) is 0 Å². The number of aromatic nitrogens is 2. The third kappa shape index (κ3) is 15.4. The zero-order valence-corrected chi connectivity index (χ0v) is 53.3. The topological polar surface area (TPSA) is 149 Å². The maximum absolute atomic E-state index is 12.1. The average molecular weight is 1230 g/mol. The van der Waals surface area contributed by atoms with E-state index in [1.54, 1.807) is 23.2 Å². The van der Waals surface area contributed by atoms with E-state index in [1.165, 1.54) is 79.2 Å². The maximum atomic E-state index is 12.1. The largest absolute Gasteiger partial charge is 0.374 e. The highest BCUT2D eigenvalue weighted by Crippen LogP contribution is 2.37. The van der Waals surface area contributed by atoms with E-state index in [-0.39, 0.29) is 11.1 Å². The number of nitrogens with zero attached hydrogens (tertiary/aromatic N) is 2. The molecule has 0 radical (unpaired) electrons. The molecule has 14 rings (SSSR count). The summed E-state index contributed by atoms with van der Waals surface area (Å²) in [5, 5.41) is 1.56. The maximum Gasteiger partial charge on any atom is 0.253 e. The van der Waals surface area contributed by atoms with Gasteiger partial charge < -0.3 is 28.1 Å². The molecule has 0 bridgehead atoms. The fourth-order valence-electron chi connectivity index (χ4n) is 13.0. The Morgan fingerprint density at radius 2 is 0.795 bits per heavy atom. The number of fused-ring (bicyclic) bond motifs is 4.